The molecule has 1 aliphatic heterocycles. The van der Waals surface area contributed by atoms with E-state index in [1.165, 1.54) is 12.8 Å². The van der Waals surface area contributed by atoms with Crippen LogP contribution >= 0.6 is 0 Å². The van der Waals surface area contributed by atoms with Gasteiger partial charge in [-0.05, 0) is 37.9 Å². The third kappa shape index (κ3) is 2.83. The molecule has 5 nitrogen and oxygen atoms in total. The number of nitrogens with one attached hydrogen (secondary N) is 1. The van der Waals surface area contributed by atoms with Crippen molar-refractivity contribution in [2.24, 2.45) is 0 Å². The van der Waals surface area contributed by atoms with Gasteiger partial charge in [-0.2, -0.15) is 0 Å². The highest BCUT2D eigenvalue weighted by molar-refractivity contribution is 5.71. The Balaban J connectivity index is 1.86. The van der Waals surface area contributed by atoms with Crippen LogP contribution in [0, 0.1) is 0 Å². The molecule has 1 unspecified atom stereocenters. The molecule has 5 heteroatoms. The zero-order valence-corrected chi connectivity index (χ0v) is 12.0. The van der Waals surface area contributed by atoms with Crippen LogP contribution in [0.3, 0.4) is 0 Å². The second-order valence-corrected chi connectivity index (χ2v) is 5.37. The van der Waals surface area contributed by atoms with Crippen LogP contribution in [0.1, 0.15) is 25.1 Å². The van der Waals surface area contributed by atoms with Crippen LogP contribution in [0.4, 0.5) is 0 Å². The minimum absolute atomic E-state index is 0.551. The number of imidazole rings is 1. The van der Waals surface area contributed by atoms with Gasteiger partial charge in [-0.15, -0.1) is 0 Å². The number of hydrogen-bond acceptors (Lipinski definition) is 4. The molecule has 3 rings (SSSR count). The first kappa shape index (κ1) is 13.5. The summed E-state index contributed by atoms with van der Waals surface area (Å²) in [5.74, 6) is 1.13. The average Bonchev–Trinajstić information content (AvgIpc) is 3.09. The molecular weight excluding hydrogens is 252 g/mol. The number of ether oxygens (including phenoxy) is 1. The van der Waals surface area contributed by atoms with Gasteiger partial charge in [0.2, 0.25) is 0 Å². The maximum atomic E-state index is 5.15. The predicted octanol–water partition coefficient (Wildman–Crippen LogP) is 1.76. The van der Waals surface area contributed by atoms with E-state index in [2.05, 4.69) is 14.9 Å². The molecule has 0 saturated carbocycles. The number of methoxy groups -OCH3 is 1. The molecule has 1 N–H and O–H groups in total. The molecule has 20 heavy (non-hydrogen) atoms. The van der Waals surface area contributed by atoms with E-state index in [-0.39, 0.29) is 0 Å². The first-order valence-corrected chi connectivity index (χ1v) is 7.41. The van der Waals surface area contributed by atoms with Crippen molar-refractivity contribution >= 4 is 11.2 Å². The van der Waals surface area contributed by atoms with Crippen LogP contribution in [0.25, 0.3) is 11.2 Å². The van der Waals surface area contributed by atoms with Crippen LogP contribution in [0.2, 0.25) is 0 Å². The summed E-state index contributed by atoms with van der Waals surface area (Å²) in [4.78, 5) is 9.26. The summed E-state index contributed by atoms with van der Waals surface area (Å²) in [6.45, 7) is 2.87. The fraction of sp³-hybridized carbons (Fsp3) is 0.600. The van der Waals surface area contributed by atoms with Crippen molar-refractivity contribution in [3.63, 3.8) is 0 Å². The lowest BCUT2D eigenvalue weighted by molar-refractivity contribution is 0.194. The molecule has 0 spiro atoms. The van der Waals surface area contributed by atoms with Gasteiger partial charge in [0.05, 0.1) is 0 Å². The van der Waals surface area contributed by atoms with Gasteiger partial charge in [0.25, 0.3) is 0 Å². The van der Waals surface area contributed by atoms with Crippen molar-refractivity contribution in [2.45, 2.75) is 38.3 Å². The standard InChI is InChI=1S/C15H22N4O/c1-20-10-4-7-14-18-13-6-3-9-17-15(13)19(14)11-12-5-2-8-16-12/h3,6,9,12,16H,2,4-5,7-8,10-11H2,1H3. The van der Waals surface area contributed by atoms with Crippen molar-refractivity contribution < 1.29 is 4.74 Å². The van der Waals surface area contributed by atoms with Crippen molar-refractivity contribution in [2.75, 3.05) is 20.3 Å². The molecule has 0 bridgehead atoms. The van der Waals surface area contributed by atoms with Crippen LogP contribution in [0.15, 0.2) is 18.3 Å². The van der Waals surface area contributed by atoms with Crippen LogP contribution < -0.4 is 5.32 Å². The maximum Gasteiger partial charge on any atom is 0.160 e. The topological polar surface area (TPSA) is 52.0 Å². The van der Waals surface area contributed by atoms with Gasteiger partial charge >= 0.3 is 0 Å². The number of fused-ring (bicyclic) bond motifs is 1. The van der Waals surface area contributed by atoms with Crippen LogP contribution in [-0.4, -0.2) is 40.8 Å². The molecule has 2 aromatic rings. The zero-order valence-electron chi connectivity index (χ0n) is 12.0. The normalized spacial score (nSPS) is 18.9. The SMILES string of the molecule is COCCCc1nc2cccnc2n1CC1CCCN1. The number of nitrogens with zero attached hydrogens (tertiary/aromatic N) is 3. The van der Waals surface area contributed by atoms with Gasteiger partial charge in [0.1, 0.15) is 11.3 Å². The Morgan fingerprint density at radius 1 is 1.50 bits per heavy atom. The van der Waals surface area contributed by atoms with E-state index in [1.54, 1.807) is 7.11 Å². The number of pyridine rings is 1. The predicted molar refractivity (Wildman–Crippen MR) is 78.7 cm³/mol. The molecular formula is C15H22N4O. The monoisotopic (exact) mass is 274 g/mol. The summed E-state index contributed by atoms with van der Waals surface area (Å²) in [5.41, 5.74) is 2.01. The lowest BCUT2D eigenvalue weighted by Gasteiger charge is -2.14. The van der Waals surface area contributed by atoms with Crippen molar-refractivity contribution in [3.8, 4) is 0 Å². The first-order chi connectivity index (χ1) is 9.88. The molecule has 3 heterocycles. The van der Waals surface area contributed by atoms with Gasteiger partial charge in [0, 0.05) is 38.9 Å². The number of aryl methyl sites for hydroxylation is 1. The van der Waals surface area contributed by atoms with Gasteiger partial charge < -0.3 is 14.6 Å². The maximum absolute atomic E-state index is 5.15. The Hall–Kier alpha value is -1.46. The quantitative estimate of drug-likeness (QED) is 0.816. The molecule has 2 aromatic heterocycles. The highest BCUT2D eigenvalue weighted by Gasteiger charge is 2.18. The highest BCUT2D eigenvalue weighted by atomic mass is 16.5. The summed E-state index contributed by atoms with van der Waals surface area (Å²) in [6, 6.07) is 4.54. The van der Waals surface area contributed by atoms with Gasteiger partial charge in [-0.25, -0.2) is 9.97 Å². The van der Waals surface area contributed by atoms with Crippen LogP contribution in [-0.2, 0) is 17.7 Å². The molecule has 1 saturated heterocycles. The fourth-order valence-electron chi connectivity index (χ4n) is 2.90. The van der Waals surface area contributed by atoms with Crippen LogP contribution in [0.5, 0.6) is 0 Å². The second kappa shape index (κ2) is 6.33. The van der Waals surface area contributed by atoms with E-state index in [9.17, 15) is 0 Å². The van der Waals surface area contributed by atoms with E-state index < -0.39 is 0 Å². The smallest absolute Gasteiger partial charge is 0.160 e. The number of aromatic nitrogens is 3. The zero-order chi connectivity index (χ0) is 13.8. The van der Waals surface area contributed by atoms with Crippen molar-refractivity contribution in [1.82, 2.24) is 19.9 Å². The van der Waals surface area contributed by atoms with E-state index in [0.717, 1.165) is 49.5 Å². The molecule has 1 aliphatic rings. The van der Waals surface area contributed by atoms with Gasteiger partial charge in [0.15, 0.2) is 5.65 Å². The summed E-state index contributed by atoms with van der Waals surface area (Å²) in [6.07, 6.45) is 6.30. The third-order valence-corrected chi connectivity index (χ3v) is 3.90. The Morgan fingerprint density at radius 3 is 3.25 bits per heavy atom. The molecule has 1 atom stereocenters. The molecule has 0 aliphatic carbocycles. The van der Waals surface area contributed by atoms with Gasteiger partial charge in [-0.3, -0.25) is 0 Å². The summed E-state index contributed by atoms with van der Waals surface area (Å²) in [5, 5.41) is 3.55. The van der Waals surface area contributed by atoms with E-state index in [0.29, 0.717) is 6.04 Å². The Morgan fingerprint density at radius 2 is 2.45 bits per heavy atom. The largest absolute Gasteiger partial charge is 0.385 e. The lowest BCUT2D eigenvalue weighted by Crippen LogP contribution is -2.27. The Bertz CT molecular complexity index is 560. The molecule has 0 aromatic carbocycles. The van der Waals surface area contributed by atoms with E-state index in [1.807, 2.05) is 18.3 Å². The Kier molecular flexibility index (Phi) is 4.28. The van der Waals surface area contributed by atoms with E-state index >= 15 is 0 Å². The van der Waals surface area contributed by atoms with Gasteiger partial charge in [-0.1, -0.05) is 0 Å². The first-order valence-electron chi connectivity index (χ1n) is 7.41. The van der Waals surface area contributed by atoms with Crippen molar-refractivity contribution in [3.05, 3.63) is 24.2 Å². The van der Waals surface area contributed by atoms with E-state index in [4.69, 9.17) is 9.72 Å². The summed E-state index contributed by atoms with van der Waals surface area (Å²) in [7, 11) is 1.74. The minimum Gasteiger partial charge on any atom is -0.385 e. The summed E-state index contributed by atoms with van der Waals surface area (Å²) >= 11 is 0. The molecule has 0 amide bonds. The molecule has 0 radical (unpaired) electrons. The summed E-state index contributed by atoms with van der Waals surface area (Å²) < 4.78 is 7.43. The minimum atomic E-state index is 0.551. The second-order valence-electron chi connectivity index (χ2n) is 5.37. The molecule has 1 fully saturated rings. The fourth-order valence-corrected chi connectivity index (χ4v) is 2.90. The highest BCUT2D eigenvalue weighted by Crippen LogP contribution is 2.17. The van der Waals surface area contributed by atoms with Crippen molar-refractivity contribution in [1.29, 1.82) is 0 Å². The Labute approximate surface area is 119 Å². The lowest BCUT2D eigenvalue weighted by atomic mass is 10.2. The average molecular weight is 274 g/mol. The number of rotatable bonds is 6. The third-order valence-electron chi connectivity index (χ3n) is 3.90. The number of hydrogen-bond donors (Lipinski definition) is 1. The molecule has 108 valence electrons.